The van der Waals surface area contributed by atoms with Crippen molar-refractivity contribution in [1.29, 1.82) is 0 Å². The molecule has 4 heterocycles. The molecular weight excluding hydrogens is 328 g/mol. The Kier molecular flexibility index (Phi) is 4.71. The van der Waals surface area contributed by atoms with Crippen molar-refractivity contribution in [3.63, 3.8) is 0 Å². The van der Waals surface area contributed by atoms with Crippen LogP contribution in [0.4, 0.5) is 5.82 Å². The molecule has 1 saturated heterocycles. The predicted octanol–water partition coefficient (Wildman–Crippen LogP) is 1.67. The maximum absolute atomic E-state index is 12.4. The summed E-state index contributed by atoms with van der Waals surface area (Å²) in [5.41, 5.74) is 2.19. The number of hydrogen-bond donors (Lipinski definition) is 1. The zero-order chi connectivity index (χ0) is 17.9. The van der Waals surface area contributed by atoms with Crippen LogP contribution in [0.5, 0.6) is 0 Å². The summed E-state index contributed by atoms with van der Waals surface area (Å²) in [5, 5.41) is 3.65. The minimum absolute atomic E-state index is 0.00759. The van der Waals surface area contributed by atoms with Crippen LogP contribution < -0.4 is 15.8 Å². The van der Waals surface area contributed by atoms with E-state index in [2.05, 4.69) is 30.7 Å². The van der Waals surface area contributed by atoms with Gasteiger partial charge in [-0.05, 0) is 31.9 Å². The average molecular weight is 352 g/mol. The number of nitrogens with one attached hydrogen (secondary N) is 1. The van der Waals surface area contributed by atoms with Crippen molar-refractivity contribution >= 4 is 11.5 Å². The summed E-state index contributed by atoms with van der Waals surface area (Å²) in [6.45, 7) is 5.16. The molecule has 0 amide bonds. The molecule has 0 bridgehead atoms. The number of pyridine rings is 1. The first-order valence-corrected chi connectivity index (χ1v) is 9.21. The van der Waals surface area contributed by atoms with Crippen molar-refractivity contribution in [1.82, 2.24) is 24.3 Å². The van der Waals surface area contributed by atoms with E-state index < -0.39 is 0 Å². The van der Waals surface area contributed by atoms with Gasteiger partial charge in [-0.1, -0.05) is 6.07 Å². The van der Waals surface area contributed by atoms with Gasteiger partial charge in [0.15, 0.2) is 5.82 Å². The van der Waals surface area contributed by atoms with E-state index in [0.29, 0.717) is 18.4 Å². The summed E-state index contributed by atoms with van der Waals surface area (Å²) >= 11 is 0. The lowest BCUT2D eigenvalue weighted by Crippen LogP contribution is -2.45. The zero-order valence-electron chi connectivity index (χ0n) is 15.0. The van der Waals surface area contributed by atoms with Gasteiger partial charge >= 0.3 is 0 Å². The highest BCUT2D eigenvalue weighted by atomic mass is 16.1. The molecule has 3 aromatic heterocycles. The lowest BCUT2D eigenvalue weighted by Gasteiger charge is -2.33. The van der Waals surface area contributed by atoms with Crippen molar-refractivity contribution in [2.24, 2.45) is 0 Å². The maximum Gasteiger partial charge on any atom is 0.293 e. The van der Waals surface area contributed by atoms with Crippen molar-refractivity contribution in [3.05, 3.63) is 59.0 Å². The number of rotatable bonds is 5. The van der Waals surface area contributed by atoms with Crippen LogP contribution >= 0.6 is 0 Å². The van der Waals surface area contributed by atoms with Gasteiger partial charge in [0.1, 0.15) is 5.65 Å². The van der Waals surface area contributed by atoms with E-state index in [1.807, 2.05) is 31.5 Å². The monoisotopic (exact) mass is 352 g/mol. The van der Waals surface area contributed by atoms with Crippen molar-refractivity contribution in [2.75, 3.05) is 18.0 Å². The maximum atomic E-state index is 12.4. The molecule has 1 aliphatic rings. The molecule has 7 nitrogen and oxygen atoms in total. The van der Waals surface area contributed by atoms with Crippen LogP contribution in [0.25, 0.3) is 5.65 Å². The van der Waals surface area contributed by atoms with Gasteiger partial charge in [-0.3, -0.25) is 4.79 Å². The topological polar surface area (TPSA) is 67.5 Å². The van der Waals surface area contributed by atoms with Crippen molar-refractivity contribution in [2.45, 2.75) is 38.9 Å². The van der Waals surface area contributed by atoms with Gasteiger partial charge in [-0.25, -0.2) is 9.97 Å². The zero-order valence-corrected chi connectivity index (χ0v) is 15.0. The summed E-state index contributed by atoms with van der Waals surface area (Å²) < 4.78 is 3.82. The van der Waals surface area contributed by atoms with Crippen LogP contribution in [0.2, 0.25) is 0 Å². The highest BCUT2D eigenvalue weighted by molar-refractivity contribution is 5.40. The molecule has 0 radical (unpaired) electrons. The van der Waals surface area contributed by atoms with Crippen molar-refractivity contribution < 1.29 is 0 Å². The third kappa shape index (κ3) is 3.22. The van der Waals surface area contributed by atoms with Gasteiger partial charge in [-0.15, -0.1) is 0 Å². The summed E-state index contributed by atoms with van der Waals surface area (Å²) in [4.78, 5) is 23.2. The highest BCUT2D eigenvalue weighted by Crippen LogP contribution is 2.15. The number of imidazole rings is 1. The van der Waals surface area contributed by atoms with Crippen LogP contribution in [0, 0.1) is 0 Å². The molecule has 1 fully saturated rings. The van der Waals surface area contributed by atoms with Crippen LogP contribution in [0.3, 0.4) is 0 Å². The molecule has 0 aromatic carbocycles. The Morgan fingerprint density at radius 1 is 1.15 bits per heavy atom. The number of nitrogens with zero attached hydrogens (tertiary/aromatic N) is 5. The lowest BCUT2D eigenvalue weighted by atomic mass is 10.0. The smallest absolute Gasteiger partial charge is 0.293 e. The number of anilines is 1. The molecule has 0 aliphatic carbocycles. The van der Waals surface area contributed by atoms with Gasteiger partial charge in [-0.2, -0.15) is 0 Å². The highest BCUT2D eigenvalue weighted by Gasteiger charge is 2.22. The second-order valence-electron chi connectivity index (χ2n) is 6.66. The fraction of sp³-hybridized carbons (Fsp3) is 0.421. The van der Waals surface area contributed by atoms with Crippen LogP contribution in [0.15, 0.2) is 47.8 Å². The van der Waals surface area contributed by atoms with Crippen molar-refractivity contribution in [3.8, 4) is 0 Å². The molecule has 0 saturated carbocycles. The van der Waals surface area contributed by atoms with Gasteiger partial charge < -0.3 is 19.2 Å². The molecule has 3 aromatic rings. The Hall–Kier alpha value is -2.67. The molecule has 136 valence electrons. The first kappa shape index (κ1) is 16.8. The Morgan fingerprint density at radius 2 is 1.96 bits per heavy atom. The molecule has 4 rings (SSSR count). The molecule has 7 heteroatoms. The van der Waals surface area contributed by atoms with E-state index in [0.717, 1.165) is 38.1 Å². The number of aromatic nitrogens is 4. The van der Waals surface area contributed by atoms with E-state index >= 15 is 0 Å². The normalized spacial score (nSPS) is 15.7. The predicted molar refractivity (Wildman–Crippen MR) is 101 cm³/mol. The molecule has 0 spiro atoms. The third-order valence-corrected chi connectivity index (χ3v) is 5.12. The first-order chi connectivity index (χ1) is 12.8. The largest absolute Gasteiger partial charge is 0.352 e. The second-order valence-corrected chi connectivity index (χ2v) is 6.66. The molecule has 26 heavy (non-hydrogen) atoms. The Bertz CT molecular complexity index is 938. The van der Waals surface area contributed by atoms with Gasteiger partial charge in [0.25, 0.3) is 5.56 Å². The molecule has 0 unspecified atom stereocenters. The fourth-order valence-electron chi connectivity index (χ4n) is 3.60. The SMILES string of the molecule is CCn1ccnc(N2CCC(NCc3cccc4nccn34)CC2)c1=O. The van der Waals surface area contributed by atoms with Crippen LogP contribution in [-0.4, -0.2) is 38.1 Å². The minimum Gasteiger partial charge on any atom is -0.352 e. The van der Waals surface area contributed by atoms with E-state index in [4.69, 9.17) is 0 Å². The summed E-state index contributed by atoms with van der Waals surface area (Å²) in [5.74, 6) is 0.580. The quantitative estimate of drug-likeness (QED) is 0.757. The second kappa shape index (κ2) is 7.29. The third-order valence-electron chi connectivity index (χ3n) is 5.12. The summed E-state index contributed by atoms with van der Waals surface area (Å²) in [7, 11) is 0. The van der Waals surface area contributed by atoms with Crippen LogP contribution in [0.1, 0.15) is 25.5 Å². The average Bonchev–Trinajstić information content (AvgIpc) is 3.16. The number of aryl methyl sites for hydroxylation is 1. The Balaban J connectivity index is 1.37. The van der Waals surface area contributed by atoms with Gasteiger partial charge in [0, 0.05) is 62.7 Å². The summed E-state index contributed by atoms with van der Waals surface area (Å²) in [6, 6.07) is 6.62. The molecule has 1 N–H and O–H groups in total. The summed E-state index contributed by atoms with van der Waals surface area (Å²) in [6.07, 6.45) is 9.29. The Labute approximate surface area is 152 Å². The van der Waals surface area contributed by atoms with E-state index in [9.17, 15) is 4.79 Å². The standard InChI is InChI=1S/C19H24N6O/c1-2-23-12-8-21-18(19(23)26)24-10-6-15(7-11-24)22-14-16-4-3-5-17-20-9-13-25(16)17/h3-5,8-9,12-13,15,22H,2,6-7,10-11,14H2,1H3. The van der Waals surface area contributed by atoms with E-state index in [-0.39, 0.29) is 5.56 Å². The van der Waals surface area contributed by atoms with Gasteiger partial charge in [0.05, 0.1) is 0 Å². The lowest BCUT2D eigenvalue weighted by molar-refractivity contribution is 0.409. The number of hydrogen-bond acceptors (Lipinski definition) is 5. The molecule has 1 aliphatic heterocycles. The number of fused-ring (bicyclic) bond motifs is 1. The molecular formula is C19H24N6O. The van der Waals surface area contributed by atoms with E-state index in [1.165, 1.54) is 5.69 Å². The molecule has 0 atom stereocenters. The minimum atomic E-state index is 0.00759. The Morgan fingerprint density at radius 3 is 2.77 bits per heavy atom. The first-order valence-electron chi connectivity index (χ1n) is 9.21. The van der Waals surface area contributed by atoms with Crippen LogP contribution in [-0.2, 0) is 13.1 Å². The van der Waals surface area contributed by atoms with E-state index in [1.54, 1.807) is 17.0 Å². The van der Waals surface area contributed by atoms with Gasteiger partial charge in [0.2, 0.25) is 0 Å². The fourth-order valence-corrected chi connectivity index (χ4v) is 3.60. The number of piperidine rings is 1.